The van der Waals surface area contributed by atoms with Gasteiger partial charge in [0.2, 0.25) is 5.89 Å². The third-order valence-electron chi connectivity index (χ3n) is 6.99. The molecule has 1 fully saturated rings. The molecule has 1 aliphatic rings. The van der Waals surface area contributed by atoms with E-state index in [0.29, 0.717) is 17.5 Å². The van der Waals surface area contributed by atoms with Crippen LogP contribution in [-0.2, 0) is 4.43 Å². The maximum atomic E-state index is 12.0. The monoisotopic (exact) mass is 468 g/mol. The zero-order valence-electron chi connectivity index (χ0n) is 20.1. The lowest BCUT2D eigenvalue weighted by Gasteiger charge is -2.37. The largest absolute Gasteiger partial charge is 0.407 e. The van der Waals surface area contributed by atoms with E-state index in [2.05, 4.69) is 49.2 Å². The van der Waals surface area contributed by atoms with Gasteiger partial charge in [-0.25, -0.2) is 0 Å². The standard InChI is InChI=1S/C24H32N4O4Si/c1-14(32-33(5,6)24(2,3)4)22-26-23(31-28-22)17-12-16(13-17)18-19(21(25)29)27-30-20(18)15-10-8-7-9-11-15/h7-11,14,16-17H,12-13H2,1-6H3,(H2,25,29). The molecule has 1 unspecified atom stereocenters. The molecular weight excluding hydrogens is 436 g/mol. The van der Waals surface area contributed by atoms with Crippen LogP contribution >= 0.6 is 0 Å². The van der Waals surface area contributed by atoms with Crippen molar-refractivity contribution >= 4 is 14.2 Å². The lowest BCUT2D eigenvalue weighted by Crippen LogP contribution is -2.41. The number of aromatic nitrogens is 3. The highest BCUT2D eigenvalue weighted by Gasteiger charge is 2.42. The van der Waals surface area contributed by atoms with Gasteiger partial charge in [0.15, 0.2) is 25.6 Å². The molecule has 176 valence electrons. The van der Waals surface area contributed by atoms with Crippen molar-refractivity contribution in [1.29, 1.82) is 0 Å². The first-order valence-corrected chi connectivity index (χ1v) is 14.2. The fourth-order valence-corrected chi connectivity index (χ4v) is 5.30. The van der Waals surface area contributed by atoms with E-state index in [1.54, 1.807) is 0 Å². The summed E-state index contributed by atoms with van der Waals surface area (Å²) >= 11 is 0. The molecule has 2 aromatic heterocycles. The van der Waals surface area contributed by atoms with Crippen LogP contribution in [0.15, 0.2) is 39.4 Å². The Morgan fingerprint density at radius 2 is 1.79 bits per heavy atom. The normalized spacial score (nSPS) is 19.8. The van der Waals surface area contributed by atoms with Crippen LogP contribution in [0.25, 0.3) is 11.3 Å². The van der Waals surface area contributed by atoms with Crippen LogP contribution in [0.4, 0.5) is 0 Å². The molecule has 2 N–H and O–H groups in total. The van der Waals surface area contributed by atoms with Crippen molar-refractivity contribution in [2.24, 2.45) is 5.73 Å². The van der Waals surface area contributed by atoms with Gasteiger partial charge in [-0.1, -0.05) is 61.4 Å². The lowest BCUT2D eigenvalue weighted by molar-refractivity contribution is 0.0989. The molecule has 0 radical (unpaired) electrons. The number of nitrogens with zero attached hydrogens (tertiary/aromatic N) is 3. The number of carbonyl (C=O) groups is 1. The molecule has 0 spiro atoms. The fraction of sp³-hybridized carbons (Fsp3) is 0.500. The first kappa shape index (κ1) is 23.4. The summed E-state index contributed by atoms with van der Waals surface area (Å²) in [7, 11) is -1.95. The van der Waals surface area contributed by atoms with Gasteiger partial charge >= 0.3 is 0 Å². The minimum atomic E-state index is -1.95. The molecule has 1 amide bonds. The van der Waals surface area contributed by atoms with Crippen LogP contribution in [0.3, 0.4) is 0 Å². The van der Waals surface area contributed by atoms with Crippen LogP contribution in [-0.4, -0.2) is 29.5 Å². The smallest absolute Gasteiger partial charge is 0.271 e. The van der Waals surface area contributed by atoms with E-state index in [1.165, 1.54) is 0 Å². The topological polar surface area (TPSA) is 117 Å². The minimum Gasteiger partial charge on any atom is -0.407 e. The summed E-state index contributed by atoms with van der Waals surface area (Å²) < 4.78 is 17.5. The number of carbonyl (C=O) groups excluding carboxylic acids is 1. The third-order valence-corrected chi connectivity index (χ3v) is 11.5. The first-order valence-electron chi connectivity index (χ1n) is 11.3. The van der Waals surface area contributed by atoms with E-state index < -0.39 is 14.2 Å². The van der Waals surface area contributed by atoms with Gasteiger partial charge in [0.05, 0.1) is 0 Å². The Kier molecular flexibility index (Phi) is 6.04. The van der Waals surface area contributed by atoms with Crippen molar-refractivity contribution in [3.63, 3.8) is 0 Å². The average Bonchev–Trinajstić information content (AvgIpc) is 3.34. The summed E-state index contributed by atoms with van der Waals surface area (Å²) in [6.45, 7) is 13.0. The zero-order chi connectivity index (χ0) is 24.0. The van der Waals surface area contributed by atoms with Crippen molar-refractivity contribution in [1.82, 2.24) is 15.3 Å². The van der Waals surface area contributed by atoms with Gasteiger partial charge in [-0.2, -0.15) is 4.98 Å². The summed E-state index contributed by atoms with van der Waals surface area (Å²) in [5.41, 5.74) is 7.40. The second-order valence-corrected chi connectivity index (χ2v) is 15.1. The fourth-order valence-electron chi connectivity index (χ4n) is 3.96. The van der Waals surface area contributed by atoms with Crippen LogP contribution in [0.5, 0.6) is 0 Å². The predicted octanol–water partition coefficient (Wildman–Crippen LogP) is 5.57. The van der Waals surface area contributed by atoms with E-state index in [0.717, 1.165) is 24.0 Å². The molecule has 3 aromatic rings. The molecule has 0 bridgehead atoms. The first-order chi connectivity index (χ1) is 15.5. The van der Waals surface area contributed by atoms with E-state index in [-0.39, 0.29) is 28.7 Å². The van der Waals surface area contributed by atoms with E-state index >= 15 is 0 Å². The van der Waals surface area contributed by atoms with E-state index in [4.69, 9.17) is 19.2 Å². The molecule has 8 nitrogen and oxygen atoms in total. The van der Waals surface area contributed by atoms with Crippen molar-refractivity contribution in [3.8, 4) is 11.3 Å². The molecule has 1 atom stereocenters. The SMILES string of the molecule is CC(O[Si](C)(C)C(C)(C)C)c1noc(C2CC(c3c(C(N)=O)noc3-c3ccccc3)C2)n1. The summed E-state index contributed by atoms with van der Waals surface area (Å²) in [5.74, 6) is 1.37. The van der Waals surface area contributed by atoms with Gasteiger partial charge in [0, 0.05) is 17.0 Å². The number of hydrogen-bond acceptors (Lipinski definition) is 7. The molecular formula is C24H32N4O4Si. The highest BCUT2D eigenvalue weighted by atomic mass is 28.4. The molecule has 4 rings (SSSR count). The van der Waals surface area contributed by atoms with Gasteiger partial charge in [-0.05, 0) is 43.8 Å². The molecule has 0 saturated heterocycles. The molecule has 1 aromatic carbocycles. The van der Waals surface area contributed by atoms with Crippen molar-refractivity contribution in [2.75, 3.05) is 0 Å². The average molecular weight is 469 g/mol. The molecule has 0 aliphatic heterocycles. The molecule has 1 aliphatic carbocycles. The van der Waals surface area contributed by atoms with Crippen molar-refractivity contribution in [2.45, 2.75) is 76.6 Å². The van der Waals surface area contributed by atoms with Crippen molar-refractivity contribution in [3.05, 3.63) is 53.3 Å². The van der Waals surface area contributed by atoms with Crippen LogP contribution in [0, 0.1) is 0 Å². The summed E-state index contributed by atoms with van der Waals surface area (Å²) in [5, 5.41) is 8.25. The van der Waals surface area contributed by atoms with Crippen LogP contribution < -0.4 is 5.73 Å². The zero-order valence-corrected chi connectivity index (χ0v) is 21.1. The Hall–Kier alpha value is -2.78. The Balaban J connectivity index is 1.48. The van der Waals surface area contributed by atoms with Gasteiger partial charge in [-0.3, -0.25) is 4.79 Å². The molecule has 1 saturated carbocycles. The van der Waals surface area contributed by atoms with Gasteiger partial charge in [-0.15, -0.1) is 0 Å². The highest BCUT2D eigenvalue weighted by Crippen LogP contribution is 2.50. The predicted molar refractivity (Wildman–Crippen MR) is 126 cm³/mol. The molecule has 33 heavy (non-hydrogen) atoms. The highest BCUT2D eigenvalue weighted by molar-refractivity contribution is 6.74. The number of amides is 1. The van der Waals surface area contributed by atoms with E-state index in [9.17, 15) is 4.79 Å². The lowest BCUT2D eigenvalue weighted by atomic mass is 9.70. The van der Waals surface area contributed by atoms with Crippen LogP contribution in [0.1, 0.15) is 86.2 Å². The maximum Gasteiger partial charge on any atom is 0.271 e. The Morgan fingerprint density at radius 1 is 1.12 bits per heavy atom. The maximum absolute atomic E-state index is 12.0. The number of primary amides is 1. The van der Waals surface area contributed by atoms with Crippen molar-refractivity contribution < 1.29 is 18.3 Å². The Bertz CT molecular complexity index is 1130. The summed E-state index contributed by atoms with van der Waals surface area (Å²) in [6, 6.07) is 9.62. The number of hydrogen-bond donors (Lipinski definition) is 1. The Labute approximate surface area is 195 Å². The van der Waals surface area contributed by atoms with Crippen LogP contribution in [0.2, 0.25) is 18.1 Å². The number of nitrogens with two attached hydrogens (primary N) is 1. The van der Waals surface area contributed by atoms with Gasteiger partial charge in [0.1, 0.15) is 6.10 Å². The summed E-state index contributed by atoms with van der Waals surface area (Å²) in [4.78, 5) is 16.6. The third kappa shape index (κ3) is 4.52. The quantitative estimate of drug-likeness (QED) is 0.450. The Morgan fingerprint density at radius 3 is 2.39 bits per heavy atom. The second kappa shape index (κ2) is 8.53. The van der Waals surface area contributed by atoms with Gasteiger partial charge in [0.25, 0.3) is 5.91 Å². The van der Waals surface area contributed by atoms with E-state index in [1.807, 2.05) is 37.3 Å². The molecule has 9 heteroatoms. The molecule has 2 heterocycles. The number of rotatable bonds is 7. The number of benzene rings is 1. The second-order valence-electron chi connectivity index (χ2n) is 10.4. The van der Waals surface area contributed by atoms with Gasteiger partial charge < -0.3 is 19.2 Å². The minimum absolute atomic E-state index is 0.0789. The summed E-state index contributed by atoms with van der Waals surface area (Å²) in [6.07, 6.45) is 1.27.